The summed E-state index contributed by atoms with van der Waals surface area (Å²) in [4.78, 5) is 12.8. The molecule has 0 N–H and O–H groups in total. The predicted octanol–water partition coefficient (Wildman–Crippen LogP) is 3.47. The summed E-state index contributed by atoms with van der Waals surface area (Å²) in [6.07, 6.45) is 1.52. The first-order valence-corrected chi connectivity index (χ1v) is 7.91. The molecular formula is C16H14N2O4S. The Kier molecular flexibility index (Phi) is 4.77. The fourth-order valence-electron chi connectivity index (χ4n) is 1.85. The minimum Gasteiger partial charge on any atom is -0.459 e. The maximum atomic E-state index is 11.8. The van der Waals surface area contributed by atoms with E-state index in [2.05, 4.69) is 10.2 Å². The van der Waals surface area contributed by atoms with E-state index in [1.54, 1.807) is 12.1 Å². The zero-order valence-electron chi connectivity index (χ0n) is 12.4. The number of hydrogen-bond acceptors (Lipinski definition) is 7. The number of aromatic nitrogens is 2. The third-order valence-corrected chi connectivity index (χ3v) is 4.14. The highest BCUT2D eigenvalue weighted by Crippen LogP contribution is 2.22. The lowest BCUT2D eigenvalue weighted by atomic mass is 10.2. The molecule has 0 saturated carbocycles. The average molecular weight is 330 g/mol. The van der Waals surface area contributed by atoms with Crippen molar-refractivity contribution in [3.63, 3.8) is 0 Å². The predicted molar refractivity (Wildman–Crippen MR) is 83.7 cm³/mol. The minimum absolute atomic E-state index is 0.0547. The van der Waals surface area contributed by atoms with Crippen LogP contribution < -0.4 is 0 Å². The highest BCUT2D eigenvalue weighted by molar-refractivity contribution is 8.00. The van der Waals surface area contributed by atoms with Crippen molar-refractivity contribution in [2.75, 3.05) is 5.75 Å². The van der Waals surface area contributed by atoms with Crippen LogP contribution in [0.4, 0.5) is 0 Å². The summed E-state index contributed by atoms with van der Waals surface area (Å²) in [5.41, 5.74) is 1.13. The number of furan rings is 1. The molecule has 3 aromatic rings. The molecule has 7 heteroatoms. The van der Waals surface area contributed by atoms with Crippen molar-refractivity contribution in [3.8, 4) is 11.7 Å². The number of benzene rings is 1. The molecule has 23 heavy (non-hydrogen) atoms. The van der Waals surface area contributed by atoms with Gasteiger partial charge in [0, 0.05) is 4.90 Å². The highest BCUT2D eigenvalue weighted by atomic mass is 32.2. The molecule has 0 unspecified atom stereocenters. The molecule has 0 aliphatic rings. The second kappa shape index (κ2) is 7.15. The van der Waals surface area contributed by atoms with Crippen LogP contribution in [0.1, 0.15) is 11.5 Å². The fraction of sp³-hybridized carbons (Fsp3) is 0.188. The van der Waals surface area contributed by atoms with Crippen molar-refractivity contribution >= 4 is 17.7 Å². The van der Waals surface area contributed by atoms with Gasteiger partial charge in [0.1, 0.15) is 0 Å². The molecule has 2 heterocycles. The molecule has 1 aromatic carbocycles. The topological polar surface area (TPSA) is 78.4 Å². The van der Waals surface area contributed by atoms with Crippen LogP contribution in [0.15, 0.2) is 56.4 Å². The highest BCUT2D eigenvalue weighted by Gasteiger charge is 2.13. The van der Waals surface area contributed by atoms with Gasteiger partial charge in [-0.25, -0.2) is 0 Å². The number of aryl methyl sites for hydroxylation is 1. The number of carbonyl (C=O) groups excluding carboxylic acids is 1. The van der Waals surface area contributed by atoms with Gasteiger partial charge in [-0.05, 0) is 30.7 Å². The van der Waals surface area contributed by atoms with Gasteiger partial charge in [0.2, 0.25) is 0 Å². The van der Waals surface area contributed by atoms with Crippen LogP contribution in [0.5, 0.6) is 0 Å². The zero-order valence-corrected chi connectivity index (χ0v) is 13.2. The molecule has 118 valence electrons. The van der Waals surface area contributed by atoms with Gasteiger partial charge in [0.05, 0.1) is 12.0 Å². The lowest BCUT2D eigenvalue weighted by molar-refractivity contribution is -0.142. The van der Waals surface area contributed by atoms with E-state index in [0.29, 0.717) is 5.76 Å². The van der Waals surface area contributed by atoms with E-state index in [1.165, 1.54) is 18.0 Å². The van der Waals surface area contributed by atoms with E-state index in [9.17, 15) is 4.79 Å². The van der Waals surface area contributed by atoms with Crippen LogP contribution in [0.2, 0.25) is 0 Å². The lowest BCUT2D eigenvalue weighted by Gasteiger charge is -2.04. The maximum absolute atomic E-state index is 11.8. The van der Waals surface area contributed by atoms with Crippen molar-refractivity contribution in [3.05, 3.63) is 54.1 Å². The van der Waals surface area contributed by atoms with Crippen LogP contribution in [0, 0.1) is 6.92 Å². The molecule has 0 spiro atoms. The Balaban J connectivity index is 1.49. The summed E-state index contributed by atoms with van der Waals surface area (Å²) in [5.74, 6) is 0.853. The van der Waals surface area contributed by atoms with Gasteiger partial charge in [-0.2, -0.15) is 0 Å². The smallest absolute Gasteiger partial charge is 0.316 e. The molecule has 0 radical (unpaired) electrons. The molecule has 3 rings (SSSR count). The molecule has 6 nitrogen and oxygen atoms in total. The molecule has 0 amide bonds. The Morgan fingerprint density at radius 2 is 2.09 bits per heavy atom. The summed E-state index contributed by atoms with van der Waals surface area (Å²) in [6, 6.07) is 11.3. The molecule has 0 aliphatic heterocycles. The SMILES string of the molecule is Cc1ccccc1SCC(=O)OCc1nnc(-c2ccco2)o1. The molecule has 2 aromatic heterocycles. The molecule has 0 saturated heterocycles. The van der Waals surface area contributed by atoms with Crippen LogP contribution in [-0.4, -0.2) is 21.9 Å². The second-order valence-electron chi connectivity index (χ2n) is 4.69. The largest absolute Gasteiger partial charge is 0.459 e. The third kappa shape index (κ3) is 4.01. The summed E-state index contributed by atoms with van der Waals surface area (Å²) >= 11 is 1.44. The summed E-state index contributed by atoms with van der Waals surface area (Å²) < 4.78 is 15.6. The van der Waals surface area contributed by atoms with Gasteiger partial charge in [-0.15, -0.1) is 22.0 Å². The van der Waals surface area contributed by atoms with E-state index in [4.69, 9.17) is 13.6 Å². The van der Waals surface area contributed by atoms with E-state index in [0.717, 1.165) is 10.5 Å². The molecule has 0 atom stereocenters. The first-order chi connectivity index (χ1) is 11.2. The van der Waals surface area contributed by atoms with Crippen molar-refractivity contribution in [1.29, 1.82) is 0 Å². The normalized spacial score (nSPS) is 10.7. The Morgan fingerprint density at radius 1 is 1.22 bits per heavy atom. The van der Waals surface area contributed by atoms with Crippen molar-refractivity contribution in [2.45, 2.75) is 18.4 Å². The molecule has 0 fully saturated rings. The molecule has 0 aliphatic carbocycles. The van der Waals surface area contributed by atoms with Crippen LogP contribution in [0.3, 0.4) is 0 Å². The maximum Gasteiger partial charge on any atom is 0.316 e. The van der Waals surface area contributed by atoms with Crippen LogP contribution in [0.25, 0.3) is 11.7 Å². The number of nitrogens with zero attached hydrogens (tertiary/aromatic N) is 2. The first kappa shape index (κ1) is 15.4. The Morgan fingerprint density at radius 3 is 2.87 bits per heavy atom. The number of carbonyl (C=O) groups is 1. The fourth-order valence-corrected chi connectivity index (χ4v) is 2.68. The van der Waals surface area contributed by atoms with E-state index in [1.807, 2.05) is 31.2 Å². The van der Waals surface area contributed by atoms with Gasteiger partial charge in [-0.3, -0.25) is 4.79 Å². The Bertz CT molecular complexity index is 783. The van der Waals surface area contributed by atoms with E-state index < -0.39 is 0 Å². The molecule has 0 bridgehead atoms. The summed E-state index contributed by atoms with van der Waals surface area (Å²) in [6.45, 7) is 1.95. The number of esters is 1. The monoisotopic (exact) mass is 330 g/mol. The van der Waals surface area contributed by atoms with E-state index in [-0.39, 0.29) is 30.1 Å². The Labute approximate surface area is 136 Å². The Hall–Kier alpha value is -2.54. The lowest BCUT2D eigenvalue weighted by Crippen LogP contribution is -2.07. The van der Waals surface area contributed by atoms with Gasteiger partial charge >= 0.3 is 5.97 Å². The molecular weight excluding hydrogens is 316 g/mol. The van der Waals surface area contributed by atoms with E-state index >= 15 is 0 Å². The van der Waals surface area contributed by atoms with Gasteiger partial charge in [0.25, 0.3) is 11.8 Å². The van der Waals surface area contributed by atoms with Crippen molar-refractivity contribution in [2.24, 2.45) is 0 Å². The van der Waals surface area contributed by atoms with Gasteiger partial charge in [-0.1, -0.05) is 18.2 Å². The number of thioether (sulfide) groups is 1. The standard InChI is InChI=1S/C16H14N2O4S/c1-11-5-2-3-7-13(11)23-10-15(19)21-9-14-17-18-16(22-14)12-6-4-8-20-12/h2-8H,9-10H2,1H3. The third-order valence-electron chi connectivity index (χ3n) is 2.99. The van der Waals surface area contributed by atoms with Crippen LogP contribution in [-0.2, 0) is 16.1 Å². The number of ether oxygens (including phenoxy) is 1. The number of rotatable bonds is 6. The summed E-state index contributed by atoms with van der Waals surface area (Å²) in [7, 11) is 0. The average Bonchev–Trinajstić information content (AvgIpc) is 3.23. The van der Waals surface area contributed by atoms with Crippen molar-refractivity contribution < 1.29 is 18.4 Å². The van der Waals surface area contributed by atoms with Crippen LogP contribution >= 0.6 is 11.8 Å². The minimum atomic E-state index is -0.337. The number of hydrogen-bond donors (Lipinski definition) is 0. The zero-order chi connectivity index (χ0) is 16.1. The van der Waals surface area contributed by atoms with Gasteiger partial charge < -0.3 is 13.6 Å². The quantitative estimate of drug-likeness (QED) is 0.506. The first-order valence-electron chi connectivity index (χ1n) is 6.92. The second-order valence-corrected chi connectivity index (χ2v) is 5.71. The summed E-state index contributed by atoms with van der Waals surface area (Å²) in [5, 5.41) is 7.65. The van der Waals surface area contributed by atoms with Crippen molar-refractivity contribution in [1.82, 2.24) is 10.2 Å². The van der Waals surface area contributed by atoms with Gasteiger partial charge in [0.15, 0.2) is 12.4 Å².